The molecule has 1 aliphatic heterocycles. The lowest BCUT2D eigenvalue weighted by atomic mass is 10.1. The van der Waals surface area contributed by atoms with Gasteiger partial charge in [-0.1, -0.05) is 60.5 Å². The molecule has 2 amide bonds. The largest absolute Gasteiger partial charge is 0.494 e. The van der Waals surface area contributed by atoms with Crippen molar-refractivity contribution in [3.63, 3.8) is 0 Å². The zero-order valence-electron chi connectivity index (χ0n) is 24.0. The van der Waals surface area contributed by atoms with Crippen molar-refractivity contribution < 1.29 is 14.3 Å². The Kier molecular flexibility index (Phi) is 10.4. The minimum Gasteiger partial charge on any atom is -0.494 e. The molecule has 0 radical (unpaired) electrons. The van der Waals surface area contributed by atoms with E-state index in [2.05, 4.69) is 23.6 Å². The van der Waals surface area contributed by atoms with Crippen LogP contribution in [0.1, 0.15) is 42.9 Å². The molecule has 0 aromatic heterocycles. The first-order valence-electron chi connectivity index (χ1n) is 14.7. The van der Waals surface area contributed by atoms with Gasteiger partial charge in [-0.05, 0) is 85.3 Å². The van der Waals surface area contributed by atoms with Gasteiger partial charge in [0.25, 0.3) is 0 Å². The molecule has 2 fully saturated rings. The van der Waals surface area contributed by atoms with E-state index >= 15 is 0 Å². The number of piperazine rings is 1. The monoisotopic (exact) mass is 608 g/mol. The Bertz CT molecular complexity index is 1380. The Labute approximate surface area is 258 Å². The number of amides is 2. The van der Waals surface area contributed by atoms with Crippen LogP contribution in [-0.2, 0) is 29.1 Å². The quantitative estimate of drug-likeness (QED) is 0.247. The zero-order chi connectivity index (χ0) is 29.5. The molecule has 0 unspecified atom stereocenters. The van der Waals surface area contributed by atoms with E-state index in [1.54, 1.807) is 11.0 Å². The molecule has 2 N–H and O–H groups in total. The Morgan fingerprint density at radius 3 is 2.60 bits per heavy atom. The molecule has 1 saturated heterocycles. The van der Waals surface area contributed by atoms with Gasteiger partial charge >= 0.3 is 0 Å². The van der Waals surface area contributed by atoms with Gasteiger partial charge in [0, 0.05) is 41.4 Å². The number of hydrogen-bond donors (Lipinski definition) is 2. The molecule has 42 heavy (non-hydrogen) atoms. The van der Waals surface area contributed by atoms with Gasteiger partial charge in [-0.15, -0.1) is 0 Å². The van der Waals surface area contributed by atoms with Gasteiger partial charge in [0.15, 0.2) is 0 Å². The van der Waals surface area contributed by atoms with Crippen LogP contribution in [0.4, 0.5) is 5.69 Å². The average molecular weight is 610 g/mol. The van der Waals surface area contributed by atoms with Crippen LogP contribution in [0.3, 0.4) is 0 Å². The normalized spacial score (nSPS) is 16.9. The number of halogens is 2. The SMILES string of the molecule is CCNCc1ccc(Cl)c(CN(C(=O)[C@H]2CNCC(=O)N2c2ccc(CCCOc3cccc(Cl)c3)cc2)C2CC2)c1. The van der Waals surface area contributed by atoms with Crippen molar-refractivity contribution >= 4 is 40.7 Å². The van der Waals surface area contributed by atoms with Gasteiger partial charge in [-0.2, -0.15) is 0 Å². The molecule has 0 spiro atoms. The van der Waals surface area contributed by atoms with E-state index in [9.17, 15) is 9.59 Å². The Morgan fingerprint density at radius 2 is 1.86 bits per heavy atom. The van der Waals surface area contributed by atoms with Crippen molar-refractivity contribution in [2.45, 2.75) is 57.8 Å². The summed E-state index contributed by atoms with van der Waals surface area (Å²) in [5.41, 5.74) is 3.94. The van der Waals surface area contributed by atoms with E-state index in [0.717, 1.165) is 66.9 Å². The lowest BCUT2D eigenvalue weighted by Gasteiger charge is -2.38. The second kappa shape index (κ2) is 14.4. The van der Waals surface area contributed by atoms with Crippen molar-refractivity contribution in [1.82, 2.24) is 15.5 Å². The summed E-state index contributed by atoms with van der Waals surface area (Å²) in [5.74, 6) is 0.603. The molecule has 3 aromatic carbocycles. The first-order valence-corrected chi connectivity index (χ1v) is 15.5. The summed E-state index contributed by atoms with van der Waals surface area (Å²) in [6.45, 7) is 5.31. The summed E-state index contributed by atoms with van der Waals surface area (Å²) in [7, 11) is 0. The maximum Gasteiger partial charge on any atom is 0.247 e. The highest BCUT2D eigenvalue weighted by atomic mass is 35.5. The van der Waals surface area contributed by atoms with Crippen LogP contribution in [-0.4, -0.2) is 55.0 Å². The number of benzene rings is 3. The number of carbonyl (C=O) groups excluding carboxylic acids is 2. The molecule has 1 aliphatic carbocycles. The van der Waals surface area contributed by atoms with E-state index in [1.165, 1.54) is 0 Å². The lowest BCUT2D eigenvalue weighted by molar-refractivity contribution is -0.136. The fourth-order valence-corrected chi connectivity index (χ4v) is 5.67. The first-order chi connectivity index (χ1) is 20.4. The average Bonchev–Trinajstić information content (AvgIpc) is 3.84. The second-order valence-corrected chi connectivity index (χ2v) is 11.7. The maximum absolute atomic E-state index is 14.1. The third kappa shape index (κ3) is 7.84. The fourth-order valence-electron chi connectivity index (χ4n) is 5.31. The molecule has 3 aromatic rings. The predicted octanol–water partition coefficient (Wildman–Crippen LogP) is 5.61. The lowest BCUT2D eigenvalue weighted by Crippen LogP contribution is -2.61. The number of anilines is 1. The number of aryl methyl sites for hydroxylation is 1. The van der Waals surface area contributed by atoms with E-state index in [1.807, 2.05) is 59.5 Å². The minimum atomic E-state index is -0.618. The number of nitrogens with zero attached hydrogens (tertiary/aromatic N) is 2. The third-order valence-corrected chi connectivity index (χ3v) is 8.27. The highest BCUT2D eigenvalue weighted by molar-refractivity contribution is 6.31. The van der Waals surface area contributed by atoms with Gasteiger partial charge in [0.2, 0.25) is 11.8 Å². The summed E-state index contributed by atoms with van der Waals surface area (Å²) in [6, 6.07) is 20.9. The summed E-state index contributed by atoms with van der Waals surface area (Å²) >= 11 is 12.6. The van der Waals surface area contributed by atoms with Crippen LogP contribution < -0.4 is 20.3 Å². The summed E-state index contributed by atoms with van der Waals surface area (Å²) in [6.07, 6.45) is 3.60. The molecule has 222 valence electrons. The Morgan fingerprint density at radius 1 is 1.07 bits per heavy atom. The third-order valence-electron chi connectivity index (χ3n) is 7.67. The van der Waals surface area contributed by atoms with E-state index in [0.29, 0.717) is 29.7 Å². The van der Waals surface area contributed by atoms with E-state index in [4.69, 9.17) is 27.9 Å². The second-order valence-electron chi connectivity index (χ2n) is 10.9. The number of ether oxygens (including phenoxy) is 1. The summed E-state index contributed by atoms with van der Waals surface area (Å²) in [4.78, 5) is 30.8. The molecule has 7 nitrogen and oxygen atoms in total. The molecule has 1 heterocycles. The zero-order valence-corrected chi connectivity index (χ0v) is 25.5. The van der Waals surface area contributed by atoms with Crippen LogP contribution in [0.25, 0.3) is 0 Å². The van der Waals surface area contributed by atoms with Crippen molar-refractivity contribution in [2.24, 2.45) is 0 Å². The number of rotatable bonds is 13. The Balaban J connectivity index is 1.25. The molecule has 5 rings (SSSR count). The van der Waals surface area contributed by atoms with Gasteiger partial charge in [-0.25, -0.2) is 0 Å². The number of hydrogen-bond acceptors (Lipinski definition) is 5. The maximum atomic E-state index is 14.1. The van der Waals surface area contributed by atoms with Gasteiger partial charge < -0.3 is 20.3 Å². The molecule has 9 heteroatoms. The molecule has 0 bridgehead atoms. The van der Waals surface area contributed by atoms with Crippen LogP contribution in [0.2, 0.25) is 10.0 Å². The topological polar surface area (TPSA) is 73.9 Å². The van der Waals surface area contributed by atoms with Crippen molar-refractivity contribution in [2.75, 3.05) is 31.1 Å². The molecule has 2 aliphatic rings. The summed E-state index contributed by atoms with van der Waals surface area (Å²) in [5, 5.41) is 7.80. The molecule has 1 atom stereocenters. The van der Waals surface area contributed by atoms with Gasteiger partial charge in [0.1, 0.15) is 11.8 Å². The van der Waals surface area contributed by atoms with Crippen LogP contribution in [0, 0.1) is 0 Å². The van der Waals surface area contributed by atoms with Crippen LogP contribution in [0.5, 0.6) is 5.75 Å². The highest BCUT2D eigenvalue weighted by Crippen LogP contribution is 2.32. The highest BCUT2D eigenvalue weighted by Gasteiger charge is 2.41. The standard InChI is InChI=1S/C33H38Cl2N4O3/c1-2-36-19-24-10-15-30(35)25(17-24)22-38(27-13-14-27)33(41)31-20-37-21-32(40)39(31)28-11-8-23(9-12-28)5-4-16-42-29-7-3-6-26(34)18-29/h3,6-12,15,17-18,27,31,36-37H,2,4-5,13-14,16,19-22H2,1H3/t31-/m1/s1. The van der Waals surface area contributed by atoms with Crippen molar-refractivity contribution in [3.05, 3.63) is 93.5 Å². The fraction of sp³-hybridized carbons (Fsp3) is 0.394. The smallest absolute Gasteiger partial charge is 0.247 e. The van der Waals surface area contributed by atoms with Crippen LogP contribution in [0.15, 0.2) is 66.7 Å². The molecule has 1 saturated carbocycles. The van der Waals surface area contributed by atoms with Gasteiger partial charge in [0.05, 0.1) is 13.2 Å². The van der Waals surface area contributed by atoms with E-state index < -0.39 is 6.04 Å². The first kappa shape index (κ1) is 30.4. The molecular formula is C33H38Cl2N4O3. The number of carbonyl (C=O) groups is 2. The minimum absolute atomic E-state index is 0.0477. The van der Waals surface area contributed by atoms with Crippen LogP contribution >= 0.6 is 23.2 Å². The van der Waals surface area contributed by atoms with Gasteiger partial charge in [-0.3, -0.25) is 14.5 Å². The predicted molar refractivity (Wildman–Crippen MR) is 168 cm³/mol. The summed E-state index contributed by atoms with van der Waals surface area (Å²) < 4.78 is 5.80. The van der Waals surface area contributed by atoms with Crippen molar-refractivity contribution in [1.29, 1.82) is 0 Å². The number of nitrogens with one attached hydrogen (secondary N) is 2. The van der Waals surface area contributed by atoms with E-state index in [-0.39, 0.29) is 24.4 Å². The van der Waals surface area contributed by atoms with Crippen molar-refractivity contribution in [3.8, 4) is 5.75 Å². The Hall–Kier alpha value is -3.10. The molecular weight excluding hydrogens is 571 g/mol.